The fraction of sp³-hybridized carbons (Fsp3) is 0.467. The minimum absolute atomic E-state index is 0.0615. The number of carbonyl (C=O) groups excluding carboxylic acids is 2. The van der Waals surface area contributed by atoms with Crippen molar-refractivity contribution in [1.82, 2.24) is 29.6 Å². The average molecular weight is 347 g/mol. The number of nitrogens with two attached hydrogens (primary N) is 1. The number of rotatable bonds is 7. The number of unbranched alkanes of at least 4 members (excludes halogenated alkanes) is 1. The van der Waals surface area contributed by atoms with E-state index in [1.54, 1.807) is 14.0 Å². The summed E-state index contributed by atoms with van der Waals surface area (Å²) < 4.78 is 6.63. The molecule has 0 radical (unpaired) electrons. The van der Waals surface area contributed by atoms with Crippen molar-refractivity contribution in [2.24, 2.45) is 5.73 Å². The van der Waals surface area contributed by atoms with Crippen molar-refractivity contribution in [3.63, 3.8) is 0 Å². The van der Waals surface area contributed by atoms with Gasteiger partial charge < -0.3 is 15.4 Å². The number of hydrogen-bond acceptors (Lipinski definition) is 7. The van der Waals surface area contributed by atoms with Crippen LogP contribution in [0.3, 0.4) is 0 Å². The lowest BCUT2D eigenvalue weighted by Gasteiger charge is -2.23. The summed E-state index contributed by atoms with van der Waals surface area (Å²) >= 11 is 0. The summed E-state index contributed by atoms with van der Waals surface area (Å²) in [6.07, 6.45) is 3.86. The van der Waals surface area contributed by atoms with Crippen molar-refractivity contribution >= 4 is 12.0 Å². The molecule has 1 atom stereocenters. The molecule has 0 aliphatic carbocycles. The lowest BCUT2D eigenvalue weighted by molar-refractivity contribution is 0.0964. The van der Waals surface area contributed by atoms with E-state index in [0.717, 1.165) is 12.8 Å². The monoisotopic (exact) mass is 347 g/mol. The van der Waals surface area contributed by atoms with Gasteiger partial charge in [0.25, 0.3) is 5.91 Å². The van der Waals surface area contributed by atoms with Crippen molar-refractivity contribution < 1.29 is 14.3 Å². The van der Waals surface area contributed by atoms with Gasteiger partial charge in [-0.05, 0) is 13.3 Å². The lowest BCUT2D eigenvalue weighted by Crippen LogP contribution is -2.32. The second-order valence-corrected chi connectivity index (χ2v) is 5.41. The zero-order valence-corrected chi connectivity index (χ0v) is 14.4. The van der Waals surface area contributed by atoms with Crippen LogP contribution in [0.5, 0.6) is 0 Å². The summed E-state index contributed by atoms with van der Waals surface area (Å²) in [5, 5.41) is 4.11. The third-order valence-corrected chi connectivity index (χ3v) is 3.66. The topological polar surface area (TPSA) is 129 Å². The number of aromatic nitrogens is 5. The molecule has 0 aliphatic heterocycles. The Morgan fingerprint density at radius 2 is 2.08 bits per heavy atom. The van der Waals surface area contributed by atoms with Crippen LogP contribution in [0.4, 0.5) is 4.79 Å². The number of amides is 2. The van der Waals surface area contributed by atoms with Crippen LogP contribution in [-0.4, -0.2) is 55.3 Å². The molecule has 0 aromatic carbocycles. The molecule has 2 N–H and O–H groups in total. The third-order valence-electron chi connectivity index (χ3n) is 3.66. The Morgan fingerprint density at radius 3 is 2.76 bits per heavy atom. The van der Waals surface area contributed by atoms with Gasteiger partial charge in [-0.3, -0.25) is 4.79 Å². The molecule has 10 heteroatoms. The fourth-order valence-electron chi connectivity index (χ4n) is 2.05. The van der Waals surface area contributed by atoms with Gasteiger partial charge in [0.2, 0.25) is 0 Å². The van der Waals surface area contributed by atoms with Crippen LogP contribution in [0.15, 0.2) is 18.7 Å². The minimum Gasteiger partial charge on any atom is -0.449 e. The number of ether oxygens (including phenoxy) is 1. The number of carbonyl (C=O) groups is 2. The SMILES string of the molecule is CCCCOC(=O)N(C)[C@@H](C)c1ncnn1-c1cc(C(N)=O)ncn1. The van der Waals surface area contributed by atoms with Gasteiger partial charge >= 0.3 is 6.09 Å². The molecule has 2 rings (SSSR count). The Balaban J connectivity index is 2.21. The average Bonchev–Trinajstić information content (AvgIpc) is 3.10. The quantitative estimate of drug-likeness (QED) is 0.742. The molecule has 0 spiro atoms. The van der Waals surface area contributed by atoms with E-state index in [1.807, 2.05) is 6.92 Å². The molecular formula is C15H21N7O3. The first-order valence-corrected chi connectivity index (χ1v) is 7.87. The van der Waals surface area contributed by atoms with Gasteiger partial charge in [0.1, 0.15) is 18.3 Å². The zero-order chi connectivity index (χ0) is 18.4. The molecule has 134 valence electrons. The van der Waals surface area contributed by atoms with Crippen LogP contribution in [0, 0.1) is 0 Å². The first-order chi connectivity index (χ1) is 12.0. The van der Waals surface area contributed by atoms with E-state index in [2.05, 4.69) is 20.1 Å². The van der Waals surface area contributed by atoms with Crippen LogP contribution < -0.4 is 5.73 Å². The smallest absolute Gasteiger partial charge is 0.410 e. The maximum Gasteiger partial charge on any atom is 0.410 e. The van der Waals surface area contributed by atoms with Gasteiger partial charge in [-0.25, -0.2) is 19.7 Å². The van der Waals surface area contributed by atoms with Crippen molar-refractivity contribution in [2.45, 2.75) is 32.7 Å². The van der Waals surface area contributed by atoms with Gasteiger partial charge in [0.05, 0.1) is 12.6 Å². The molecular weight excluding hydrogens is 326 g/mol. The highest BCUT2D eigenvalue weighted by Crippen LogP contribution is 2.19. The number of hydrogen-bond donors (Lipinski definition) is 1. The molecule has 2 aromatic rings. The third kappa shape index (κ3) is 4.28. The Hall–Kier alpha value is -3.04. The molecule has 0 saturated heterocycles. The summed E-state index contributed by atoms with van der Waals surface area (Å²) in [7, 11) is 1.62. The van der Waals surface area contributed by atoms with Gasteiger partial charge in [-0.1, -0.05) is 13.3 Å². The summed E-state index contributed by atoms with van der Waals surface area (Å²) in [5.41, 5.74) is 5.30. The highest BCUT2D eigenvalue weighted by molar-refractivity contribution is 5.90. The van der Waals surface area contributed by atoms with Gasteiger partial charge in [-0.2, -0.15) is 9.78 Å². The maximum absolute atomic E-state index is 12.1. The van der Waals surface area contributed by atoms with E-state index in [-0.39, 0.29) is 5.69 Å². The van der Waals surface area contributed by atoms with Crippen LogP contribution in [0.1, 0.15) is 49.0 Å². The summed E-state index contributed by atoms with van der Waals surface area (Å²) in [6.45, 7) is 4.18. The molecule has 2 heterocycles. The van der Waals surface area contributed by atoms with Crippen LogP contribution >= 0.6 is 0 Å². The number of primary amides is 1. The van der Waals surface area contributed by atoms with Crippen molar-refractivity contribution in [3.8, 4) is 5.82 Å². The molecule has 0 unspecified atom stereocenters. The molecule has 0 bridgehead atoms. The molecule has 0 aliphatic rings. The number of nitrogens with zero attached hydrogens (tertiary/aromatic N) is 6. The predicted molar refractivity (Wildman–Crippen MR) is 87.9 cm³/mol. The van der Waals surface area contributed by atoms with E-state index in [0.29, 0.717) is 18.2 Å². The van der Waals surface area contributed by atoms with Crippen LogP contribution in [0.25, 0.3) is 5.82 Å². The van der Waals surface area contributed by atoms with Gasteiger partial charge in [0, 0.05) is 13.1 Å². The molecule has 0 saturated carbocycles. The predicted octanol–water partition coefficient (Wildman–Crippen LogP) is 1.09. The first-order valence-electron chi connectivity index (χ1n) is 7.87. The molecule has 25 heavy (non-hydrogen) atoms. The van der Waals surface area contributed by atoms with Crippen LogP contribution in [-0.2, 0) is 4.74 Å². The molecule has 10 nitrogen and oxygen atoms in total. The van der Waals surface area contributed by atoms with E-state index in [9.17, 15) is 9.59 Å². The van der Waals surface area contributed by atoms with E-state index in [1.165, 1.54) is 28.3 Å². The van der Waals surface area contributed by atoms with Gasteiger partial charge in [0.15, 0.2) is 11.6 Å². The van der Waals surface area contributed by atoms with Gasteiger partial charge in [-0.15, -0.1) is 0 Å². The Labute approximate surface area is 145 Å². The van der Waals surface area contributed by atoms with Crippen LogP contribution in [0.2, 0.25) is 0 Å². The van der Waals surface area contributed by atoms with Crippen molar-refractivity contribution in [1.29, 1.82) is 0 Å². The molecule has 2 aromatic heterocycles. The van der Waals surface area contributed by atoms with E-state index < -0.39 is 18.0 Å². The highest BCUT2D eigenvalue weighted by atomic mass is 16.6. The minimum atomic E-state index is -0.671. The standard InChI is InChI=1S/C15H21N7O3/c1-4-5-6-25-15(24)21(3)10(2)14-19-9-20-22(14)12-7-11(13(16)23)17-8-18-12/h7-10H,4-6H2,1-3H3,(H2,16,23)/t10-/m0/s1. The lowest BCUT2D eigenvalue weighted by atomic mass is 10.3. The molecule has 2 amide bonds. The van der Waals surface area contributed by atoms with E-state index in [4.69, 9.17) is 10.5 Å². The largest absolute Gasteiger partial charge is 0.449 e. The first kappa shape index (κ1) is 18.3. The Morgan fingerprint density at radius 1 is 1.32 bits per heavy atom. The summed E-state index contributed by atoms with van der Waals surface area (Å²) in [4.78, 5) is 36.9. The summed E-state index contributed by atoms with van der Waals surface area (Å²) in [6, 6.07) is 0.982. The van der Waals surface area contributed by atoms with E-state index >= 15 is 0 Å². The second-order valence-electron chi connectivity index (χ2n) is 5.41. The molecule has 0 fully saturated rings. The van der Waals surface area contributed by atoms with Crippen molar-refractivity contribution in [3.05, 3.63) is 30.2 Å². The summed E-state index contributed by atoms with van der Waals surface area (Å²) in [5.74, 6) is 0.120. The normalized spacial score (nSPS) is 11.8. The fourth-order valence-corrected chi connectivity index (χ4v) is 2.05. The maximum atomic E-state index is 12.1. The second kappa shape index (κ2) is 8.18. The Kier molecular flexibility index (Phi) is 5.98. The highest BCUT2D eigenvalue weighted by Gasteiger charge is 2.24. The Bertz CT molecular complexity index is 746. The zero-order valence-electron chi connectivity index (χ0n) is 14.4. The van der Waals surface area contributed by atoms with Crippen molar-refractivity contribution in [2.75, 3.05) is 13.7 Å².